The van der Waals surface area contributed by atoms with Gasteiger partial charge in [0.25, 0.3) is 5.91 Å². The minimum absolute atomic E-state index is 0.244. The molecule has 136 valence electrons. The van der Waals surface area contributed by atoms with E-state index in [1.165, 1.54) is 0 Å². The second-order valence-electron chi connectivity index (χ2n) is 5.95. The normalized spacial score (nSPS) is 15.2. The average Bonchev–Trinajstić information content (AvgIpc) is 2.69. The summed E-state index contributed by atoms with van der Waals surface area (Å²) in [5.41, 5.74) is 1.06. The Hall–Kier alpha value is -3.02. The molecule has 0 saturated heterocycles. The third-order valence-electron chi connectivity index (χ3n) is 3.92. The molecule has 0 saturated carbocycles. The van der Waals surface area contributed by atoms with Gasteiger partial charge in [0, 0.05) is 6.42 Å². The van der Waals surface area contributed by atoms with E-state index in [0.717, 1.165) is 5.56 Å². The van der Waals surface area contributed by atoms with Crippen LogP contribution in [0.1, 0.15) is 12.0 Å². The molecule has 1 aliphatic rings. The second-order valence-corrected chi connectivity index (χ2v) is 5.95. The second kappa shape index (κ2) is 8.89. The number of amides is 1. The van der Waals surface area contributed by atoms with E-state index in [0.29, 0.717) is 24.5 Å². The third kappa shape index (κ3) is 5.24. The number of fused-ring (bicyclic) bond motifs is 1. The Labute approximate surface area is 152 Å². The lowest BCUT2D eigenvalue weighted by atomic mass is 10.1. The van der Waals surface area contributed by atoms with Crippen LogP contribution in [0.2, 0.25) is 0 Å². The number of esters is 1. The maximum Gasteiger partial charge on any atom is 0.306 e. The van der Waals surface area contributed by atoms with Gasteiger partial charge >= 0.3 is 5.97 Å². The molecule has 0 aromatic heterocycles. The Kier molecular flexibility index (Phi) is 6.09. The molecule has 1 aliphatic heterocycles. The van der Waals surface area contributed by atoms with E-state index in [9.17, 15) is 9.59 Å². The first-order chi connectivity index (χ1) is 12.7. The molecular formula is C20H21NO5. The van der Waals surface area contributed by atoms with Gasteiger partial charge in [0.2, 0.25) is 0 Å². The zero-order valence-electron chi connectivity index (χ0n) is 14.4. The Morgan fingerprint density at radius 3 is 2.58 bits per heavy atom. The highest BCUT2D eigenvalue weighted by molar-refractivity contribution is 5.80. The van der Waals surface area contributed by atoms with Crippen molar-refractivity contribution >= 4 is 11.9 Å². The molecule has 1 N–H and O–H groups in total. The van der Waals surface area contributed by atoms with Crippen LogP contribution in [-0.2, 0) is 20.7 Å². The van der Waals surface area contributed by atoms with Gasteiger partial charge in [0.15, 0.2) is 18.1 Å². The Balaban J connectivity index is 1.32. The molecule has 6 nitrogen and oxygen atoms in total. The van der Waals surface area contributed by atoms with E-state index in [4.69, 9.17) is 14.2 Å². The van der Waals surface area contributed by atoms with E-state index < -0.39 is 5.97 Å². The van der Waals surface area contributed by atoms with Gasteiger partial charge in [-0.1, -0.05) is 42.5 Å². The topological polar surface area (TPSA) is 73.9 Å². The van der Waals surface area contributed by atoms with Crippen LogP contribution < -0.4 is 14.8 Å². The van der Waals surface area contributed by atoms with Crippen molar-refractivity contribution in [2.24, 2.45) is 0 Å². The molecule has 1 heterocycles. The van der Waals surface area contributed by atoms with Gasteiger partial charge in [-0.15, -0.1) is 0 Å². The van der Waals surface area contributed by atoms with Crippen molar-refractivity contribution in [3.63, 3.8) is 0 Å². The standard InChI is InChI=1S/C20H21NO5/c22-19(14-25-20(23)11-10-15-6-2-1-3-7-15)21-12-16-13-24-17-8-4-5-9-18(17)26-16/h1-9,16H,10-14H2,(H,21,22)/t16-/m0/s1. The Morgan fingerprint density at radius 1 is 1.04 bits per heavy atom. The highest BCUT2D eigenvalue weighted by Gasteiger charge is 2.21. The zero-order chi connectivity index (χ0) is 18.2. The number of hydrogen-bond donors (Lipinski definition) is 1. The summed E-state index contributed by atoms with van der Waals surface area (Å²) in [5.74, 6) is 0.600. The molecule has 0 bridgehead atoms. The number of aryl methyl sites for hydroxylation is 1. The number of carbonyl (C=O) groups is 2. The minimum atomic E-state index is -0.393. The first-order valence-corrected chi connectivity index (χ1v) is 8.55. The molecule has 1 atom stereocenters. The largest absolute Gasteiger partial charge is 0.486 e. The first-order valence-electron chi connectivity index (χ1n) is 8.55. The number of nitrogens with one attached hydrogen (secondary N) is 1. The minimum Gasteiger partial charge on any atom is -0.486 e. The molecular weight excluding hydrogens is 334 g/mol. The van der Waals surface area contributed by atoms with Gasteiger partial charge < -0.3 is 19.5 Å². The van der Waals surface area contributed by atoms with Crippen molar-refractivity contribution in [1.29, 1.82) is 0 Å². The van der Waals surface area contributed by atoms with Crippen molar-refractivity contribution in [3.8, 4) is 11.5 Å². The molecule has 0 aliphatic carbocycles. The number of rotatable bonds is 7. The van der Waals surface area contributed by atoms with E-state index >= 15 is 0 Å². The van der Waals surface area contributed by atoms with Crippen LogP contribution in [0.15, 0.2) is 54.6 Å². The highest BCUT2D eigenvalue weighted by Crippen LogP contribution is 2.30. The van der Waals surface area contributed by atoms with Gasteiger partial charge in [-0.3, -0.25) is 9.59 Å². The predicted octanol–water partition coefficient (Wildman–Crippen LogP) is 2.12. The fourth-order valence-electron chi connectivity index (χ4n) is 2.55. The Morgan fingerprint density at radius 2 is 1.77 bits per heavy atom. The summed E-state index contributed by atoms with van der Waals surface area (Å²) in [5, 5.41) is 2.69. The smallest absolute Gasteiger partial charge is 0.306 e. The van der Waals surface area contributed by atoms with Crippen LogP contribution in [0.4, 0.5) is 0 Å². The summed E-state index contributed by atoms with van der Waals surface area (Å²) in [6.45, 7) is 0.348. The predicted molar refractivity (Wildman–Crippen MR) is 95.1 cm³/mol. The molecule has 2 aromatic carbocycles. The Bertz CT molecular complexity index is 747. The van der Waals surface area contributed by atoms with Gasteiger partial charge in [0.05, 0.1) is 6.54 Å². The fourth-order valence-corrected chi connectivity index (χ4v) is 2.55. The SMILES string of the molecule is O=C(COC(=O)CCc1ccccc1)NC[C@H]1COc2ccccc2O1. The van der Waals surface area contributed by atoms with Crippen molar-refractivity contribution in [2.75, 3.05) is 19.8 Å². The molecule has 0 fully saturated rings. The summed E-state index contributed by atoms with van der Waals surface area (Å²) in [6, 6.07) is 17.0. The maximum absolute atomic E-state index is 11.8. The van der Waals surface area contributed by atoms with Gasteiger partial charge in [0.1, 0.15) is 12.7 Å². The van der Waals surface area contributed by atoms with Crippen LogP contribution in [-0.4, -0.2) is 37.7 Å². The highest BCUT2D eigenvalue weighted by atomic mass is 16.6. The third-order valence-corrected chi connectivity index (χ3v) is 3.92. The van der Waals surface area contributed by atoms with E-state index in [1.54, 1.807) is 0 Å². The van der Waals surface area contributed by atoms with Crippen LogP contribution >= 0.6 is 0 Å². The van der Waals surface area contributed by atoms with Crippen molar-refractivity contribution < 1.29 is 23.8 Å². The molecule has 1 amide bonds. The van der Waals surface area contributed by atoms with Gasteiger partial charge in [-0.05, 0) is 24.1 Å². The summed E-state index contributed by atoms with van der Waals surface area (Å²) >= 11 is 0. The van der Waals surface area contributed by atoms with Gasteiger partial charge in [-0.25, -0.2) is 0 Å². The number of benzene rings is 2. The number of para-hydroxylation sites is 2. The van der Waals surface area contributed by atoms with Crippen LogP contribution in [0.5, 0.6) is 11.5 Å². The monoisotopic (exact) mass is 355 g/mol. The average molecular weight is 355 g/mol. The molecule has 0 spiro atoms. The van der Waals surface area contributed by atoms with Crippen molar-refractivity contribution in [1.82, 2.24) is 5.32 Å². The van der Waals surface area contributed by atoms with Crippen molar-refractivity contribution in [2.45, 2.75) is 18.9 Å². The van der Waals surface area contributed by atoms with E-state index in [2.05, 4.69) is 5.32 Å². The molecule has 0 unspecified atom stereocenters. The van der Waals surface area contributed by atoms with Crippen LogP contribution in [0, 0.1) is 0 Å². The van der Waals surface area contributed by atoms with Crippen molar-refractivity contribution in [3.05, 3.63) is 60.2 Å². The summed E-state index contributed by atoms with van der Waals surface area (Å²) in [6.07, 6.45) is 0.560. The maximum atomic E-state index is 11.8. The molecule has 0 radical (unpaired) electrons. The lowest BCUT2D eigenvalue weighted by Gasteiger charge is -2.26. The molecule has 26 heavy (non-hydrogen) atoms. The quantitative estimate of drug-likeness (QED) is 0.770. The molecule has 6 heteroatoms. The van der Waals surface area contributed by atoms with Crippen LogP contribution in [0.3, 0.4) is 0 Å². The van der Waals surface area contributed by atoms with Gasteiger partial charge in [-0.2, -0.15) is 0 Å². The lowest BCUT2D eigenvalue weighted by Crippen LogP contribution is -2.42. The van der Waals surface area contributed by atoms with E-state index in [-0.39, 0.29) is 31.6 Å². The molecule has 2 aromatic rings. The summed E-state index contributed by atoms with van der Waals surface area (Å²) in [4.78, 5) is 23.5. The summed E-state index contributed by atoms with van der Waals surface area (Å²) < 4.78 is 16.3. The number of carbonyl (C=O) groups excluding carboxylic acids is 2. The first kappa shape index (κ1) is 17.8. The summed E-state index contributed by atoms with van der Waals surface area (Å²) in [7, 11) is 0. The zero-order valence-corrected chi connectivity index (χ0v) is 14.4. The number of ether oxygens (including phenoxy) is 3. The lowest BCUT2D eigenvalue weighted by molar-refractivity contribution is -0.148. The van der Waals surface area contributed by atoms with Crippen LogP contribution in [0.25, 0.3) is 0 Å². The fraction of sp³-hybridized carbons (Fsp3) is 0.300. The van der Waals surface area contributed by atoms with E-state index in [1.807, 2.05) is 54.6 Å². The number of hydrogen-bond acceptors (Lipinski definition) is 5. The molecule has 3 rings (SSSR count).